The first-order chi connectivity index (χ1) is 10.4. The van der Waals surface area contributed by atoms with Crippen molar-refractivity contribution in [1.29, 1.82) is 0 Å². The molecule has 0 amide bonds. The van der Waals surface area contributed by atoms with Crippen molar-refractivity contribution < 1.29 is 5.11 Å². The minimum absolute atomic E-state index is 0.106. The predicted octanol–water partition coefficient (Wildman–Crippen LogP) is 4.10. The lowest BCUT2D eigenvalue weighted by molar-refractivity contribution is 0.0237. The van der Waals surface area contributed by atoms with Crippen LogP contribution in [0.1, 0.15) is 31.9 Å². The number of benzene rings is 2. The van der Waals surface area contributed by atoms with Gasteiger partial charge in [0.25, 0.3) is 0 Å². The van der Waals surface area contributed by atoms with Gasteiger partial charge in [0.15, 0.2) is 0 Å². The number of aliphatic hydroxyl groups excluding tert-OH is 1. The van der Waals surface area contributed by atoms with Crippen molar-refractivity contribution in [2.24, 2.45) is 5.41 Å². The van der Waals surface area contributed by atoms with Crippen molar-refractivity contribution in [3.8, 4) is 0 Å². The Morgan fingerprint density at radius 3 is 1.59 bits per heavy atom. The van der Waals surface area contributed by atoms with E-state index in [1.54, 1.807) is 0 Å². The van der Waals surface area contributed by atoms with E-state index in [1.165, 1.54) is 11.1 Å². The van der Waals surface area contributed by atoms with Crippen molar-refractivity contribution in [3.63, 3.8) is 0 Å². The molecule has 22 heavy (non-hydrogen) atoms. The molecular formula is C20H27NO. The highest BCUT2D eigenvalue weighted by Gasteiger charge is 2.24. The minimum Gasteiger partial charge on any atom is -0.391 e. The number of rotatable bonds is 6. The van der Waals surface area contributed by atoms with Crippen molar-refractivity contribution >= 4 is 0 Å². The highest BCUT2D eigenvalue weighted by molar-refractivity contribution is 5.17. The fourth-order valence-electron chi connectivity index (χ4n) is 2.39. The maximum absolute atomic E-state index is 10.5. The summed E-state index contributed by atoms with van der Waals surface area (Å²) in [5.74, 6) is 0. The molecule has 0 aliphatic heterocycles. The molecule has 0 fully saturated rings. The Morgan fingerprint density at radius 1 is 0.818 bits per heavy atom. The SMILES string of the molecule is CC(C)(C)[C@@H](O)CN(Cc1ccccc1)Cc1ccccc1. The number of aliphatic hydroxyl groups is 1. The fourth-order valence-corrected chi connectivity index (χ4v) is 2.39. The maximum atomic E-state index is 10.5. The Bertz CT molecular complexity index is 503. The van der Waals surface area contributed by atoms with E-state index in [4.69, 9.17) is 0 Å². The molecule has 2 heteroatoms. The molecular weight excluding hydrogens is 270 g/mol. The highest BCUT2D eigenvalue weighted by atomic mass is 16.3. The molecule has 0 aliphatic rings. The van der Waals surface area contributed by atoms with E-state index in [2.05, 4.69) is 74.2 Å². The third-order valence-electron chi connectivity index (χ3n) is 3.93. The number of hydrogen-bond acceptors (Lipinski definition) is 2. The van der Waals surface area contributed by atoms with Crippen LogP contribution >= 0.6 is 0 Å². The normalized spacial score (nSPS) is 13.3. The van der Waals surface area contributed by atoms with Crippen molar-refractivity contribution in [1.82, 2.24) is 4.90 Å². The zero-order valence-electron chi connectivity index (χ0n) is 13.9. The summed E-state index contributed by atoms with van der Waals surface area (Å²) < 4.78 is 0. The molecule has 0 aromatic heterocycles. The van der Waals surface area contributed by atoms with E-state index < -0.39 is 0 Å². The highest BCUT2D eigenvalue weighted by Crippen LogP contribution is 2.21. The zero-order valence-corrected chi connectivity index (χ0v) is 13.9. The summed E-state index contributed by atoms with van der Waals surface area (Å²) >= 11 is 0. The number of nitrogens with zero attached hydrogens (tertiary/aromatic N) is 1. The summed E-state index contributed by atoms with van der Waals surface area (Å²) in [7, 11) is 0. The van der Waals surface area contributed by atoms with Crippen LogP contribution in [0.4, 0.5) is 0 Å². The Morgan fingerprint density at radius 2 is 1.23 bits per heavy atom. The van der Waals surface area contributed by atoms with Crippen LogP contribution in [0.15, 0.2) is 60.7 Å². The third-order valence-corrected chi connectivity index (χ3v) is 3.93. The van der Waals surface area contributed by atoms with Gasteiger partial charge in [-0.15, -0.1) is 0 Å². The number of hydrogen-bond donors (Lipinski definition) is 1. The molecule has 0 spiro atoms. The van der Waals surface area contributed by atoms with Crippen LogP contribution in [-0.2, 0) is 13.1 Å². The van der Waals surface area contributed by atoms with Crippen LogP contribution in [0.25, 0.3) is 0 Å². The van der Waals surface area contributed by atoms with Gasteiger partial charge in [-0.1, -0.05) is 81.4 Å². The Hall–Kier alpha value is -1.64. The summed E-state index contributed by atoms with van der Waals surface area (Å²) in [6, 6.07) is 20.9. The smallest absolute Gasteiger partial charge is 0.0715 e. The molecule has 0 unspecified atom stereocenters. The van der Waals surface area contributed by atoms with Gasteiger partial charge < -0.3 is 5.11 Å². The molecule has 2 rings (SSSR count). The van der Waals surface area contributed by atoms with E-state index in [-0.39, 0.29) is 11.5 Å². The largest absolute Gasteiger partial charge is 0.391 e. The van der Waals surface area contributed by atoms with Crippen molar-refractivity contribution in [3.05, 3.63) is 71.8 Å². The lowest BCUT2D eigenvalue weighted by atomic mass is 9.88. The van der Waals surface area contributed by atoms with Gasteiger partial charge in [-0.05, 0) is 16.5 Å². The van der Waals surface area contributed by atoms with Crippen LogP contribution < -0.4 is 0 Å². The van der Waals surface area contributed by atoms with Gasteiger partial charge in [-0.25, -0.2) is 0 Å². The minimum atomic E-state index is -0.347. The Balaban J connectivity index is 2.09. The van der Waals surface area contributed by atoms with Gasteiger partial charge in [0.05, 0.1) is 6.10 Å². The molecule has 0 bridgehead atoms. The van der Waals surface area contributed by atoms with E-state index in [0.29, 0.717) is 6.54 Å². The van der Waals surface area contributed by atoms with Crippen molar-refractivity contribution in [2.45, 2.75) is 40.0 Å². The third kappa shape index (κ3) is 5.28. The van der Waals surface area contributed by atoms with E-state index in [0.717, 1.165) is 13.1 Å². The lowest BCUT2D eigenvalue weighted by Gasteiger charge is -2.32. The van der Waals surface area contributed by atoms with Crippen LogP contribution in [0.3, 0.4) is 0 Å². The molecule has 2 aromatic rings. The van der Waals surface area contributed by atoms with Gasteiger partial charge in [-0.3, -0.25) is 4.90 Å². The van der Waals surface area contributed by atoms with Gasteiger partial charge in [-0.2, -0.15) is 0 Å². The lowest BCUT2D eigenvalue weighted by Crippen LogP contribution is -2.39. The molecule has 2 nitrogen and oxygen atoms in total. The first-order valence-corrected chi connectivity index (χ1v) is 7.93. The molecule has 2 aromatic carbocycles. The van der Waals surface area contributed by atoms with Crippen LogP contribution in [0, 0.1) is 5.41 Å². The molecule has 1 atom stereocenters. The Kier molecular flexibility index (Phi) is 5.76. The quantitative estimate of drug-likeness (QED) is 0.868. The topological polar surface area (TPSA) is 23.5 Å². The predicted molar refractivity (Wildman–Crippen MR) is 92.5 cm³/mol. The second-order valence-electron chi connectivity index (χ2n) is 7.02. The molecule has 0 aliphatic carbocycles. The molecule has 1 N–H and O–H groups in total. The summed E-state index contributed by atoms with van der Waals surface area (Å²) in [5.41, 5.74) is 2.45. The monoisotopic (exact) mass is 297 g/mol. The molecule has 0 heterocycles. The zero-order chi connectivity index (χ0) is 16.0. The average molecular weight is 297 g/mol. The summed E-state index contributed by atoms with van der Waals surface area (Å²) in [4.78, 5) is 2.32. The van der Waals surface area contributed by atoms with E-state index in [1.807, 2.05) is 12.1 Å². The summed E-state index contributed by atoms with van der Waals surface area (Å²) in [5, 5.41) is 10.5. The molecule has 0 radical (unpaired) electrons. The van der Waals surface area contributed by atoms with Gasteiger partial charge in [0.2, 0.25) is 0 Å². The fraction of sp³-hybridized carbons (Fsp3) is 0.400. The first kappa shape index (κ1) is 16.7. The van der Waals surface area contributed by atoms with Gasteiger partial charge >= 0.3 is 0 Å². The molecule has 118 valence electrons. The molecule has 0 saturated carbocycles. The average Bonchev–Trinajstić information content (AvgIpc) is 2.48. The standard InChI is InChI=1S/C20H27NO/c1-20(2,3)19(22)16-21(14-17-10-6-4-7-11-17)15-18-12-8-5-9-13-18/h4-13,19,22H,14-16H2,1-3H3/t19-/m0/s1. The first-order valence-electron chi connectivity index (χ1n) is 7.93. The summed E-state index contributed by atoms with van der Waals surface area (Å²) in [6.07, 6.45) is -0.347. The van der Waals surface area contributed by atoms with E-state index in [9.17, 15) is 5.11 Å². The summed E-state index contributed by atoms with van der Waals surface area (Å²) in [6.45, 7) is 8.63. The second kappa shape index (κ2) is 7.57. The van der Waals surface area contributed by atoms with Crippen LogP contribution in [-0.4, -0.2) is 22.7 Å². The van der Waals surface area contributed by atoms with Gasteiger partial charge in [0, 0.05) is 19.6 Å². The molecule has 0 saturated heterocycles. The second-order valence-corrected chi connectivity index (χ2v) is 7.02. The van der Waals surface area contributed by atoms with E-state index >= 15 is 0 Å². The van der Waals surface area contributed by atoms with Crippen LogP contribution in [0.5, 0.6) is 0 Å². The van der Waals surface area contributed by atoms with Gasteiger partial charge in [0.1, 0.15) is 0 Å². The maximum Gasteiger partial charge on any atom is 0.0715 e. The van der Waals surface area contributed by atoms with Crippen LogP contribution in [0.2, 0.25) is 0 Å². The Labute approximate surface area is 134 Å². The van der Waals surface area contributed by atoms with Crippen molar-refractivity contribution in [2.75, 3.05) is 6.54 Å².